The SMILES string of the molecule is CCOCCN1CCN(c2cccc(-n3cnc4cc(C(=O)O)ccc43)c2)CC1. The number of rotatable bonds is 7. The Kier molecular flexibility index (Phi) is 5.78. The predicted octanol–water partition coefficient (Wildman–Crippen LogP) is 2.88. The molecule has 1 aliphatic heterocycles. The van der Waals surface area contributed by atoms with Crippen LogP contribution in [0.3, 0.4) is 0 Å². The highest BCUT2D eigenvalue weighted by Crippen LogP contribution is 2.24. The van der Waals surface area contributed by atoms with Crippen LogP contribution in [0.15, 0.2) is 48.8 Å². The molecule has 4 rings (SSSR count). The number of piperazine rings is 1. The van der Waals surface area contributed by atoms with E-state index < -0.39 is 5.97 Å². The summed E-state index contributed by atoms with van der Waals surface area (Å²) in [5.74, 6) is -0.941. The molecule has 1 saturated heterocycles. The summed E-state index contributed by atoms with van der Waals surface area (Å²) in [6.07, 6.45) is 1.75. The van der Waals surface area contributed by atoms with Crippen molar-refractivity contribution in [2.45, 2.75) is 6.92 Å². The lowest BCUT2D eigenvalue weighted by Crippen LogP contribution is -2.47. The largest absolute Gasteiger partial charge is 0.478 e. The molecule has 1 N–H and O–H groups in total. The molecular formula is C22H26N4O3. The lowest BCUT2D eigenvalue weighted by molar-refractivity contribution is 0.0697. The van der Waals surface area contributed by atoms with Crippen LogP contribution in [0.25, 0.3) is 16.7 Å². The molecule has 7 nitrogen and oxygen atoms in total. The van der Waals surface area contributed by atoms with E-state index in [1.165, 1.54) is 5.69 Å². The van der Waals surface area contributed by atoms with Gasteiger partial charge in [-0.05, 0) is 43.3 Å². The van der Waals surface area contributed by atoms with Gasteiger partial charge in [0, 0.05) is 50.7 Å². The molecule has 1 fully saturated rings. The van der Waals surface area contributed by atoms with Gasteiger partial charge in [0.2, 0.25) is 0 Å². The molecule has 0 amide bonds. The minimum Gasteiger partial charge on any atom is -0.478 e. The van der Waals surface area contributed by atoms with Crippen molar-refractivity contribution in [1.82, 2.24) is 14.5 Å². The zero-order valence-corrected chi connectivity index (χ0v) is 16.6. The molecule has 2 heterocycles. The summed E-state index contributed by atoms with van der Waals surface area (Å²) >= 11 is 0. The predicted molar refractivity (Wildman–Crippen MR) is 113 cm³/mol. The van der Waals surface area contributed by atoms with Gasteiger partial charge in [0.25, 0.3) is 0 Å². The number of imidazole rings is 1. The van der Waals surface area contributed by atoms with Crippen LogP contribution in [0.1, 0.15) is 17.3 Å². The summed E-state index contributed by atoms with van der Waals surface area (Å²) in [6.45, 7) is 8.62. The molecule has 7 heteroatoms. The second-order valence-corrected chi connectivity index (χ2v) is 7.17. The van der Waals surface area contributed by atoms with Crippen molar-refractivity contribution in [3.8, 4) is 5.69 Å². The maximum Gasteiger partial charge on any atom is 0.335 e. The second-order valence-electron chi connectivity index (χ2n) is 7.17. The Morgan fingerprint density at radius 2 is 1.90 bits per heavy atom. The molecule has 2 aromatic carbocycles. The number of fused-ring (bicyclic) bond motifs is 1. The van der Waals surface area contributed by atoms with Crippen molar-refractivity contribution >= 4 is 22.7 Å². The van der Waals surface area contributed by atoms with Crippen molar-refractivity contribution in [1.29, 1.82) is 0 Å². The number of carbonyl (C=O) groups is 1. The summed E-state index contributed by atoms with van der Waals surface area (Å²) in [7, 11) is 0. The van der Waals surface area contributed by atoms with E-state index in [-0.39, 0.29) is 5.56 Å². The smallest absolute Gasteiger partial charge is 0.335 e. The van der Waals surface area contributed by atoms with E-state index in [4.69, 9.17) is 4.74 Å². The Labute approximate surface area is 170 Å². The number of aromatic nitrogens is 2. The molecule has 1 aromatic heterocycles. The molecule has 0 radical (unpaired) electrons. The minimum absolute atomic E-state index is 0.249. The maximum atomic E-state index is 11.2. The van der Waals surface area contributed by atoms with E-state index in [9.17, 15) is 9.90 Å². The Balaban J connectivity index is 1.50. The summed E-state index contributed by atoms with van der Waals surface area (Å²) < 4.78 is 7.47. The number of carboxylic acids is 1. The number of aromatic carboxylic acids is 1. The Bertz CT molecular complexity index is 993. The van der Waals surface area contributed by atoms with Crippen molar-refractivity contribution in [3.05, 3.63) is 54.4 Å². The third-order valence-electron chi connectivity index (χ3n) is 5.40. The van der Waals surface area contributed by atoms with Crippen LogP contribution in [0.4, 0.5) is 5.69 Å². The molecule has 1 aliphatic rings. The van der Waals surface area contributed by atoms with Gasteiger partial charge < -0.3 is 14.7 Å². The van der Waals surface area contributed by atoms with E-state index >= 15 is 0 Å². The van der Waals surface area contributed by atoms with E-state index in [1.54, 1.807) is 18.5 Å². The lowest BCUT2D eigenvalue weighted by Gasteiger charge is -2.36. The van der Waals surface area contributed by atoms with Gasteiger partial charge in [0.15, 0.2) is 0 Å². The van der Waals surface area contributed by atoms with Gasteiger partial charge in [0.05, 0.1) is 23.2 Å². The molecule has 0 unspecified atom stereocenters. The zero-order chi connectivity index (χ0) is 20.2. The van der Waals surface area contributed by atoms with Crippen molar-refractivity contribution in [2.75, 3.05) is 50.8 Å². The number of hydrogen-bond acceptors (Lipinski definition) is 5. The highest BCUT2D eigenvalue weighted by Gasteiger charge is 2.17. The Morgan fingerprint density at radius 3 is 2.66 bits per heavy atom. The summed E-state index contributed by atoms with van der Waals surface area (Å²) in [5.41, 5.74) is 4.03. The first-order chi connectivity index (χ1) is 14.2. The Hall–Kier alpha value is -2.90. The molecule has 29 heavy (non-hydrogen) atoms. The fourth-order valence-corrected chi connectivity index (χ4v) is 3.76. The highest BCUT2D eigenvalue weighted by atomic mass is 16.5. The first kappa shape index (κ1) is 19.4. The van der Waals surface area contributed by atoms with Gasteiger partial charge in [-0.25, -0.2) is 9.78 Å². The molecule has 0 spiro atoms. The molecule has 0 bridgehead atoms. The van der Waals surface area contributed by atoms with Crippen LogP contribution in [0, 0.1) is 0 Å². The van der Waals surface area contributed by atoms with Crippen LogP contribution in [0.2, 0.25) is 0 Å². The van der Waals surface area contributed by atoms with E-state index in [0.29, 0.717) is 5.52 Å². The van der Waals surface area contributed by atoms with Crippen LogP contribution >= 0.6 is 0 Å². The van der Waals surface area contributed by atoms with E-state index in [0.717, 1.165) is 57.1 Å². The molecule has 0 atom stereocenters. The first-order valence-corrected chi connectivity index (χ1v) is 10.0. The number of benzene rings is 2. The van der Waals surface area contributed by atoms with Crippen molar-refractivity contribution in [2.24, 2.45) is 0 Å². The summed E-state index contributed by atoms with van der Waals surface area (Å²) in [4.78, 5) is 20.4. The van der Waals surface area contributed by atoms with Gasteiger partial charge >= 0.3 is 5.97 Å². The molecule has 0 aliphatic carbocycles. The quantitative estimate of drug-likeness (QED) is 0.622. The third-order valence-corrected chi connectivity index (χ3v) is 5.40. The first-order valence-electron chi connectivity index (χ1n) is 10.0. The van der Waals surface area contributed by atoms with Crippen molar-refractivity contribution < 1.29 is 14.6 Å². The average molecular weight is 394 g/mol. The van der Waals surface area contributed by atoms with Gasteiger partial charge in [-0.1, -0.05) is 6.07 Å². The fourth-order valence-electron chi connectivity index (χ4n) is 3.76. The monoisotopic (exact) mass is 394 g/mol. The minimum atomic E-state index is -0.941. The Morgan fingerprint density at radius 1 is 1.10 bits per heavy atom. The normalized spacial score (nSPS) is 15.1. The maximum absolute atomic E-state index is 11.2. The topological polar surface area (TPSA) is 70.8 Å². The molecule has 3 aromatic rings. The average Bonchev–Trinajstić information content (AvgIpc) is 3.18. The van der Waals surface area contributed by atoms with Gasteiger partial charge in [-0.15, -0.1) is 0 Å². The molecule has 152 valence electrons. The fraction of sp³-hybridized carbons (Fsp3) is 0.364. The van der Waals surface area contributed by atoms with Crippen LogP contribution < -0.4 is 4.90 Å². The zero-order valence-electron chi connectivity index (χ0n) is 16.6. The van der Waals surface area contributed by atoms with E-state index in [1.807, 2.05) is 23.6 Å². The van der Waals surface area contributed by atoms with Crippen LogP contribution in [-0.2, 0) is 4.74 Å². The standard InChI is InChI=1S/C22H26N4O3/c1-2-29-13-12-24-8-10-25(11-9-24)18-4-3-5-19(15-18)26-16-23-20-14-17(22(27)28)6-7-21(20)26/h3-7,14-16H,2,8-13H2,1H3,(H,27,28). The summed E-state index contributed by atoms with van der Waals surface area (Å²) in [5, 5.41) is 9.18. The number of nitrogens with zero attached hydrogens (tertiary/aromatic N) is 4. The molecular weight excluding hydrogens is 368 g/mol. The van der Waals surface area contributed by atoms with Crippen LogP contribution in [-0.4, -0.2) is 71.5 Å². The van der Waals surface area contributed by atoms with Crippen LogP contribution in [0.5, 0.6) is 0 Å². The number of hydrogen-bond donors (Lipinski definition) is 1. The summed E-state index contributed by atoms with van der Waals surface area (Å²) in [6, 6.07) is 13.5. The second kappa shape index (κ2) is 8.63. The third kappa shape index (κ3) is 4.26. The lowest BCUT2D eigenvalue weighted by atomic mass is 10.2. The van der Waals surface area contributed by atoms with E-state index in [2.05, 4.69) is 33.0 Å². The van der Waals surface area contributed by atoms with Crippen molar-refractivity contribution in [3.63, 3.8) is 0 Å². The molecule has 0 saturated carbocycles. The number of carboxylic acid groups (broad SMARTS) is 1. The highest BCUT2D eigenvalue weighted by molar-refractivity contribution is 5.92. The number of ether oxygens (including phenoxy) is 1. The number of anilines is 1. The van der Waals surface area contributed by atoms with Gasteiger partial charge in [0.1, 0.15) is 6.33 Å². The van der Waals surface area contributed by atoms with Gasteiger partial charge in [-0.2, -0.15) is 0 Å². The van der Waals surface area contributed by atoms with Gasteiger partial charge in [-0.3, -0.25) is 9.47 Å².